The van der Waals surface area contributed by atoms with Gasteiger partial charge in [0, 0.05) is 18.7 Å². The minimum absolute atomic E-state index is 0.246. The molecule has 1 aromatic heterocycles. The van der Waals surface area contributed by atoms with Gasteiger partial charge in [-0.1, -0.05) is 23.7 Å². The van der Waals surface area contributed by atoms with E-state index in [9.17, 15) is 12.8 Å². The van der Waals surface area contributed by atoms with Gasteiger partial charge < -0.3 is 4.57 Å². The van der Waals surface area contributed by atoms with Gasteiger partial charge in [-0.15, -0.1) is 10.2 Å². The molecule has 0 unspecified atom stereocenters. The molecule has 1 aliphatic rings. The Bertz CT molecular complexity index is 1230. The van der Waals surface area contributed by atoms with E-state index < -0.39 is 10.0 Å². The van der Waals surface area contributed by atoms with Crippen LogP contribution in [0.15, 0.2) is 42.5 Å². The second-order valence-electron chi connectivity index (χ2n) is 8.31. The number of halogens is 2. The number of sulfonamides is 1. The topological polar surface area (TPSA) is 68.1 Å². The van der Waals surface area contributed by atoms with E-state index in [1.165, 1.54) is 22.7 Å². The molecule has 164 valence electrons. The number of benzene rings is 2. The van der Waals surface area contributed by atoms with Crippen LogP contribution in [-0.4, -0.2) is 35.5 Å². The lowest BCUT2D eigenvalue weighted by molar-refractivity contribution is 0.590. The molecule has 0 spiro atoms. The van der Waals surface area contributed by atoms with Crippen molar-refractivity contribution in [2.24, 2.45) is 7.05 Å². The molecule has 31 heavy (non-hydrogen) atoms. The summed E-state index contributed by atoms with van der Waals surface area (Å²) in [4.78, 5) is 0. The maximum absolute atomic E-state index is 13.4. The normalized spacial score (nSPS) is 15.3. The first-order chi connectivity index (χ1) is 14.5. The van der Waals surface area contributed by atoms with E-state index in [1.54, 1.807) is 30.3 Å². The van der Waals surface area contributed by atoms with Gasteiger partial charge in [-0.3, -0.25) is 4.31 Å². The van der Waals surface area contributed by atoms with Gasteiger partial charge in [0.25, 0.3) is 0 Å². The van der Waals surface area contributed by atoms with Gasteiger partial charge in [0.2, 0.25) is 10.0 Å². The molecule has 1 heterocycles. The first-order valence-electron chi connectivity index (χ1n) is 10.00. The molecule has 1 aliphatic carbocycles. The smallest absolute Gasteiger partial charge is 0.232 e. The summed E-state index contributed by atoms with van der Waals surface area (Å²) in [5.74, 6) is 1.12. The maximum atomic E-state index is 13.4. The molecule has 4 rings (SSSR count). The second-order valence-corrected chi connectivity index (χ2v) is 10.6. The van der Waals surface area contributed by atoms with Gasteiger partial charge in [0.05, 0.1) is 22.4 Å². The van der Waals surface area contributed by atoms with E-state index in [-0.39, 0.29) is 17.3 Å². The second kappa shape index (κ2) is 7.60. The van der Waals surface area contributed by atoms with Crippen LogP contribution in [0.25, 0.3) is 11.4 Å². The minimum atomic E-state index is -3.45. The Morgan fingerprint density at radius 3 is 2.29 bits per heavy atom. The standard InChI is InChI=1S/C22H24ClFN4O2S/c1-14(2)28(31(4,29)30)17-9-10-18(19(23)13-17)20-25-26-21(27(20)3)22(11-12-22)15-5-7-16(24)8-6-15/h5-10,13-14H,11-12H2,1-4H3. The van der Waals surface area contributed by atoms with Gasteiger partial charge in [-0.05, 0) is 62.6 Å². The zero-order valence-corrected chi connectivity index (χ0v) is 19.4. The quantitative estimate of drug-likeness (QED) is 0.539. The Kier molecular flexibility index (Phi) is 5.34. The first-order valence-corrected chi connectivity index (χ1v) is 12.2. The number of hydrogen-bond acceptors (Lipinski definition) is 4. The Morgan fingerprint density at radius 1 is 1.13 bits per heavy atom. The van der Waals surface area contributed by atoms with Gasteiger partial charge >= 0.3 is 0 Å². The number of aromatic nitrogens is 3. The van der Waals surface area contributed by atoms with Crippen molar-refractivity contribution in [1.29, 1.82) is 0 Å². The van der Waals surface area contributed by atoms with Gasteiger partial charge in [-0.25, -0.2) is 12.8 Å². The lowest BCUT2D eigenvalue weighted by Crippen LogP contribution is -2.36. The Balaban J connectivity index is 1.72. The molecule has 0 saturated heterocycles. The highest BCUT2D eigenvalue weighted by atomic mass is 35.5. The van der Waals surface area contributed by atoms with Crippen molar-refractivity contribution in [3.8, 4) is 11.4 Å². The molecule has 9 heteroatoms. The highest BCUT2D eigenvalue weighted by Gasteiger charge is 2.50. The number of anilines is 1. The summed E-state index contributed by atoms with van der Waals surface area (Å²) in [6, 6.07) is 11.4. The SMILES string of the molecule is CC(C)N(c1ccc(-c2nnc(C3(c4ccc(F)cc4)CC3)n2C)c(Cl)c1)S(C)(=O)=O. The first kappa shape index (κ1) is 21.8. The van der Waals surface area contributed by atoms with Crippen LogP contribution >= 0.6 is 11.6 Å². The van der Waals surface area contributed by atoms with Crippen molar-refractivity contribution in [3.05, 3.63) is 64.7 Å². The summed E-state index contributed by atoms with van der Waals surface area (Å²) >= 11 is 6.56. The number of nitrogens with zero attached hydrogens (tertiary/aromatic N) is 4. The zero-order valence-electron chi connectivity index (χ0n) is 17.8. The van der Waals surface area contributed by atoms with Crippen molar-refractivity contribution in [1.82, 2.24) is 14.8 Å². The summed E-state index contributed by atoms with van der Waals surface area (Å²) < 4.78 is 41.0. The van der Waals surface area contributed by atoms with Crippen molar-refractivity contribution in [3.63, 3.8) is 0 Å². The minimum Gasteiger partial charge on any atom is -0.313 e. The number of rotatable bonds is 6. The molecular weight excluding hydrogens is 439 g/mol. The molecule has 0 aliphatic heterocycles. The van der Waals surface area contributed by atoms with Crippen molar-refractivity contribution in [2.45, 2.75) is 38.1 Å². The average molecular weight is 463 g/mol. The van der Waals surface area contributed by atoms with E-state index >= 15 is 0 Å². The van der Waals surface area contributed by atoms with Gasteiger partial charge in [-0.2, -0.15) is 0 Å². The average Bonchev–Trinajstić information content (AvgIpc) is 3.38. The molecule has 6 nitrogen and oxygen atoms in total. The predicted octanol–water partition coefficient (Wildman–Crippen LogP) is 4.53. The molecule has 0 bridgehead atoms. The van der Waals surface area contributed by atoms with E-state index in [1.807, 2.05) is 25.5 Å². The Labute approximate surface area is 186 Å². The van der Waals surface area contributed by atoms with Crippen LogP contribution in [0.1, 0.15) is 38.1 Å². The molecule has 2 aromatic carbocycles. The third-order valence-electron chi connectivity index (χ3n) is 5.72. The fourth-order valence-corrected chi connectivity index (χ4v) is 5.73. The largest absolute Gasteiger partial charge is 0.313 e. The van der Waals surface area contributed by atoms with E-state index in [4.69, 9.17) is 11.6 Å². The van der Waals surface area contributed by atoms with E-state index in [0.717, 1.165) is 24.2 Å². The molecular formula is C22H24ClFN4O2S. The van der Waals surface area contributed by atoms with Gasteiger partial charge in [0.1, 0.15) is 11.6 Å². The molecule has 0 radical (unpaired) electrons. The number of hydrogen-bond donors (Lipinski definition) is 0. The molecule has 0 N–H and O–H groups in total. The van der Waals surface area contributed by atoms with Crippen molar-refractivity contribution < 1.29 is 12.8 Å². The Hall–Kier alpha value is -2.45. The fourth-order valence-electron chi connectivity index (χ4n) is 4.21. The van der Waals surface area contributed by atoms with Crippen LogP contribution in [0.4, 0.5) is 10.1 Å². The highest BCUT2D eigenvalue weighted by molar-refractivity contribution is 7.92. The van der Waals surface area contributed by atoms with Gasteiger partial charge in [0.15, 0.2) is 5.82 Å². The summed E-state index contributed by atoms with van der Waals surface area (Å²) in [5.41, 5.74) is 1.90. The van der Waals surface area contributed by atoms with E-state index in [0.29, 0.717) is 22.1 Å². The summed E-state index contributed by atoms with van der Waals surface area (Å²) in [5, 5.41) is 9.21. The lowest BCUT2D eigenvalue weighted by atomic mass is 9.95. The molecule has 0 atom stereocenters. The summed E-state index contributed by atoms with van der Waals surface area (Å²) in [6.45, 7) is 3.62. The summed E-state index contributed by atoms with van der Waals surface area (Å²) in [6.07, 6.45) is 3.00. The summed E-state index contributed by atoms with van der Waals surface area (Å²) in [7, 11) is -1.56. The van der Waals surface area contributed by atoms with Crippen molar-refractivity contribution in [2.75, 3.05) is 10.6 Å². The van der Waals surface area contributed by atoms with Crippen LogP contribution in [0.3, 0.4) is 0 Å². The molecule has 1 fully saturated rings. The van der Waals surface area contributed by atoms with Crippen LogP contribution in [-0.2, 0) is 22.5 Å². The van der Waals surface area contributed by atoms with Crippen LogP contribution < -0.4 is 4.31 Å². The van der Waals surface area contributed by atoms with E-state index in [2.05, 4.69) is 10.2 Å². The van der Waals surface area contributed by atoms with Crippen LogP contribution in [0.2, 0.25) is 5.02 Å². The third-order valence-corrected chi connectivity index (χ3v) is 7.38. The molecule has 1 saturated carbocycles. The van der Waals surface area contributed by atoms with Crippen LogP contribution in [0.5, 0.6) is 0 Å². The highest BCUT2D eigenvalue weighted by Crippen LogP contribution is 2.53. The Morgan fingerprint density at radius 2 is 1.77 bits per heavy atom. The van der Waals surface area contributed by atoms with Crippen LogP contribution in [0, 0.1) is 5.82 Å². The predicted molar refractivity (Wildman–Crippen MR) is 120 cm³/mol. The zero-order chi connectivity index (χ0) is 22.6. The van der Waals surface area contributed by atoms with Crippen molar-refractivity contribution >= 4 is 27.3 Å². The third kappa shape index (κ3) is 3.83. The maximum Gasteiger partial charge on any atom is 0.232 e. The lowest BCUT2D eigenvalue weighted by Gasteiger charge is -2.26. The monoisotopic (exact) mass is 462 g/mol. The molecule has 3 aromatic rings. The molecule has 0 amide bonds. The fraction of sp³-hybridized carbons (Fsp3) is 0.364.